The Morgan fingerprint density at radius 2 is 1.50 bits per heavy atom. The van der Waals surface area contributed by atoms with E-state index in [0.717, 1.165) is 17.3 Å². The smallest absolute Gasteiger partial charge is 0.307 e. The molecule has 2 fully saturated rings. The lowest BCUT2D eigenvalue weighted by atomic mass is 9.83. The van der Waals surface area contributed by atoms with Crippen molar-refractivity contribution in [3.63, 3.8) is 0 Å². The summed E-state index contributed by atoms with van der Waals surface area (Å²) in [4.78, 5) is 143. The average Bonchev–Trinajstić information content (AvgIpc) is 3.98. The van der Waals surface area contributed by atoms with Gasteiger partial charge in [-0.05, 0) is 55.4 Å². The highest BCUT2D eigenvalue weighted by molar-refractivity contribution is 8.00. The van der Waals surface area contributed by atoms with Gasteiger partial charge in [0.15, 0.2) is 11.6 Å². The lowest BCUT2D eigenvalue weighted by Crippen LogP contribution is -2.54. The van der Waals surface area contributed by atoms with Gasteiger partial charge in [0.25, 0.3) is 0 Å². The van der Waals surface area contributed by atoms with Gasteiger partial charge in [0.1, 0.15) is 12.4 Å². The van der Waals surface area contributed by atoms with Crippen LogP contribution < -0.4 is 11.6 Å². The predicted octanol–water partition coefficient (Wildman–Crippen LogP) is 4.90. The number of thioether (sulfide) groups is 1. The number of ketones is 3. The number of Topliss-reactive ketones (excluding diaryl/α,β-unsaturated/α-hetero) is 3. The summed E-state index contributed by atoms with van der Waals surface area (Å²) in [6.45, 7) is 13.4. The molecular weight excluding hydrogens is 1020 g/mol. The van der Waals surface area contributed by atoms with E-state index in [0.29, 0.717) is 45.1 Å². The molecule has 0 spiro atoms. The summed E-state index contributed by atoms with van der Waals surface area (Å²) < 4.78 is 12.0. The zero-order chi connectivity index (χ0) is 58.6. The number of carboxylic acids is 1. The molecule has 0 aliphatic carbocycles. The van der Waals surface area contributed by atoms with Crippen molar-refractivity contribution in [2.45, 2.75) is 168 Å². The van der Waals surface area contributed by atoms with E-state index in [2.05, 4.69) is 4.84 Å². The van der Waals surface area contributed by atoms with Gasteiger partial charge in [-0.15, -0.1) is 11.8 Å². The molecule has 1 aromatic rings. The second-order valence-electron chi connectivity index (χ2n) is 22.1. The molecule has 2 heterocycles. The molecule has 2 aliphatic heterocycles. The summed E-state index contributed by atoms with van der Waals surface area (Å²) in [6, 6.07) is 7.32. The van der Waals surface area contributed by atoms with E-state index >= 15 is 0 Å². The van der Waals surface area contributed by atoms with Crippen LogP contribution in [0.3, 0.4) is 0 Å². The van der Waals surface area contributed by atoms with E-state index < -0.39 is 76.9 Å². The van der Waals surface area contributed by atoms with Crippen molar-refractivity contribution in [1.29, 1.82) is 0 Å². The number of imide groups is 1. The maximum absolute atomic E-state index is 14.8. The highest BCUT2D eigenvalue weighted by Gasteiger charge is 2.44. The van der Waals surface area contributed by atoms with E-state index in [1.54, 1.807) is 30.8 Å². The number of rotatable bonds is 37. The number of carbonyl (C=O) groups is 10. The van der Waals surface area contributed by atoms with Crippen molar-refractivity contribution in [3.8, 4) is 0 Å². The molecule has 11 atom stereocenters. The number of aliphatic carboxylic acids is 1. The lowest BCUT2D eigenvalue weighted by molar-refractivity contribution is -0.150. The Labute approximate surface area is 466 Å². The van der Waals surface area contributed by atoms with Gasteiger partial charge in [-0.3, -0.25) is 57.7 Å². The van der Waals surface area contributed by atoms with Crippen LogP contribution in [0.2, 0.25) is 0 Å². The average molecular weight is 1120 g/mol. The van der Waals surface area contributed by atoms with E-state index in [1.807, 2.05) is 71.9 Å². The number of ether oxygens (including phenoxy) is 2. The third kappa shape index (κ3) is 19.0. The van der Waals surface area contributed by atoms with Crippen molar-refractivity contribution < 1.29 is 67.4 Å². The number of methoxy groups -OCH3 is 2. The van der Waals surface area contributed by atoms with Crippen LogP contribution in [0, 0.1) is 41.4 Å². The number of likely N-dealkylation sites (tertiary alicyclic amines) is 2. The molecule has 3 unspecified atom stereocenters. The third-order valence-electron chi connectivity index (χ3n) is 15.9. The van der Waals surface area contributed by atoms with E-state index in [1.165, 1.54) is 24.0 Å². The Morgan fingerprint density at radius 3 is 2.06 bits per heavy atom. The number of hydrogen-bond acceptors (Lipinski definition) is 15. The van der Waals surface area contributed by atoms with Crippen LogP contribution in [0.5, 0.6) is 0 Å². The van der Waals surface area contributed by atoms with Crippen LogP contribution >= 0.6 is 11.8 Å². The molecule has 438 valence electrons. The van der Waals surface area contributed by atoms with Crippen LogP contribution in [-0.2, 0) is 68.7 Å². The molecule has 20 nitrogen and oxygen atoms in total. The number of primary amides is 1. The van der Waals surface area contributed by atoms with Gasteiger partial charge >= 0.3 is 5.97 Å². The fraction of sp³-hybridized carbons (Fsp3) is 0.719. The van der Waals surface area contributed by atoms with Crippen LogP contribution in [-0.4, -0.2) is 173 Å². The van der Waals surface area contributed by atoms with Crippen molar-refractivity contribution >= 4 is 70.5 Å². The SMILES string of the molecule is CC[C@H](C)C([C@@H](CC(=O)N1CCC[C@H]1[C@H](OC)[C@@H](C)C(=O)C[C@H](Cc1ccccc1)C(=O)O)OC)N(C)C(=O)[C@H](CC(=O)[C@H](C(C)C)N(C)C(=O)CCCCCN1C(=O)CC(SCC(CC(=O)CON)C(N)=O)C1=O)C(C)C. The first-order valence-corrected chi connectivity index (χ1v) is 28.7. The Morgan fingerprint density at radius 1 is 0.833 bits per heavy atom. The van der Waals surface area contributed by atoms with E-state index in [9.17, 15) is 53.1 Å². The Balaban J connectivity index is 1.64. The third-order valence-corrected chi connectivity index (χ3v) is 17.2. The number of carboxylic acid groups (broad SMARTS) is 1. The van der Waals surface area contributed by atoms with Crippen molar-refractivity contribution in [2.24, 2.45) is 53.1 Å². The zero-order valence-corrected chi connectivity index (χ0v) is 48.8. The summed E-state index contributed by atoms with van der Waals surface area (Å²) in [5.74, 6) is -3.11. The molecule has 0 saturated carbocycles. The fourth-order valence-corrected chi connectivity index (χ4v) is 12.4. The Hall–Kier alpha value is -5.09. The topological polar surface area (TPSA) is 284 Å². The standard InChI is InChI=1S/C57H90N6O14S/c1-12-36(6)52(46(75-10)30-49(68)62-25-19-22-43(62)53(76-11)37(7)44(65)28-39(57(73)74)26-38-20-15-13-16-21-38)61(9)55(71)42(34(2)3)29-45(66)51(35(4)5)60(8)48(67)23-17-14-18-24-63-50(69)31-47(56(63)72)78-33-40(54(58)70)27-41(64)32-77-59/h13,15-16,20-21,34-37,39-40,42-43,46-47,51-53H,12,14,17-19,22-33,59H2,1-11H3,(H2,58,70)(H,73,74)/t36-,37-,39-,40?,42+,43-,46+,47?,51-,52?,53+/m0/s1. The highest BCUT2D eigenvalue weighted by Crippen LogP contribution is 2.33. The maximum atomic E-state index is 14.8. The van der Waals surface area contributed by atoms with Gasteiger partial charge in [0, 0.05) is 91.1 Å². The number of amides is 6. The predicted molar refractivity (Wildman–Crippen MR) is 295 cm³/mol. The van der Waals surface area contributed by atoms with E-state index in [4.69, 9.17) is 21.1 Å². The summed E-state index contributed by atoms with van der Waals surface area (Å²) in [5.41, 5.74) is 6.28. The molecule has 2 saturated heterocycles. The normalized spacial score (nSPS) is 19.2. The van der Waals surface area contributed by atoms with Gasteiger partial charge in [-0.2, -0.15) is 0 Å². The number of nitrogens with two attached hydrogens (primary N) is 2. The lowest BCUT2D eigenvalue weighted by Gasteiger charge is -2.41. The molecule has 0 bridgehead atoms. The van der Waals surface area contributed by atoms with Crippen molar-refractivity contribution in [1.82, 2.24) is 19.6 Å². The molecule has 21 heteroatoms. The number of hydrogen-bond donors (Lipinski definition) is 3. The van der Waals surface area contributed by atoms with Gasteiger partial charge in [0.2, 0.25) is 35.4 Å². The molecule has 1 aromatic carbocycles. The zero-order valence-electron chi connectivity index (χ0n) is 48.0. The quantitative estimate of drug-likeness (QED) is 0.0454. The number of carbonyl (C=O) groups excluding carboxylic acids is 9. The number of nitrogens with zero attached hydrogens (tertiary/aromatic N) is 4. The summed E-state index contributed by atoms with van der Waals surface area (Å²) in [6.07, 6.45) is 1.56. The number of benzene rings is 1. The first-order chi connectivity index (χ1) is 36.8. The van der Waals surface area contributed by atoms with Crippen LogP contribution in [0.25, 0.3) is 0 Å². The minimum absolute atomic E-state index is 0.0468. The van der Waals surface area contributed by atoms with Crippen molar-refractivity contribution in [2.75, 3.05) is 53.8 Å². The second-order valence-corrected chi connectivity index (χ2v) is 23.3. The second kappa shape index (κ2) is 32.9. The van der Waals surface area contributed by atoms with Gasteiger partial charge in [-0.25, -0.2) is 5.90 Å². The molecule has 5 N–H and O–H groups in total. The molecule has 3 rings (SSSR count). The highest BCUT2D eigenvalue weighted by atomic mass is 32.2. The van der Waals surface area contributed by atoms with Crippen LogP contribution in [0.4, 0.5) is 0 Å². The first kappa shape index (κ1) is 67.2. The van der Waals surface area contributed by atoms with Crippen LogP contribution in [0.1, 0.15) is 131 Å². The minimum atomic E-state index is -1.06. The van der Waals surface area contributed by atoms with Crippen molar-refractivity contribution in [3.05, 3.63) is 35.9 Å². The molecule has 6 amide bonds. The monoisotopic (exact) mass is 1110 g/mol. The first-order valence-electron chi connectivity index (χ1n) is 27.6. The van der Waals surface area contributed by atoms with Gasteiger partial charge in [-0.1, -0.05) is 91.6 Å². The molecule has 0 radical (unpaired) electrons. The molecular formula is C57H90N6O14S. The Kier molecular flexibility index (Phi) is 28.3. The van der Waals surface area contributed by atoms with Gasteiger partial charge in [0.05, 0.1) is 53.8 Å². The summed E-state index contributed by atoms with van der Waals surface area (Å²) in [7, 11) is 6.28. The molecule has 78 heavy (non-hydrogen) atoms. The van der Waals surface area contributed by atoms with Crippen LogP contribution in [0.15, 0.2) is 30.3 Å². The molecule has 2 aliphatic rings. The Bertz CT molecular complexity index is 2200. The van der Waals surface area contributed by atoms with E-state index in [-0.39, 0.29) is 123 Å². The largest absolute Gasteiger partial charge is 0.481 e. The summed E-state index contributed by atoms with van der Waals surface area (Å²) in [5, 5.41) is 9.32. The number of unbranched alkanes of at least 4 members (excludes halogenated alkanes) is 2. The fourth-order valence-electron chi connectivity index (χ4n) is 11.1. The summed E-state index contributed by atoms with van der Waals surface area (Å²) >= 11 is 1.10. The number of likely N-dealkylation sites (N-methyl/N-ethyl adjacent to an activating group) is 2. The maximum Gasteiger partial charge on any atom is 0.307 e. The molecule has 0 aromatic heterocycles. The minimum Gasteiger partial charge on any atom is -0.481 e. The van der Waals surface area contributed by atoms with Gasteiger partial charge < -0.3 is 35.0 Å².